The lowest BCUT2D eigenvalue weighted by Crippen LogP contribution is -2.35. The van der Waals surface area contributed by atoms with Crippen molar-refractivity contribution in [3.63, 3.8) is 0 Å². The highest BCUT2D eigenvalue weighted by atomic mass is 79.9. The number of unbranched alkanes of at least 4 members (excludes halogenated alkanes) is 5. The molecule has 0 aliphatic carbocycles. The lowest BCUT2D eigenvalue weighted by Gasteiger charge is -2.29. The van der Waals surface area contributed by atoms with Gasteiger partial charge in [-0.1, -0.05) is 55.5 Å². The van der Waals surface area contributed by atoms with Gasteiger partial charge in [0.15, 0.2) is 0 Å². The molecule has 22 heavy (non-hydrogen) atoms. The van der Waals surface area contributed by atoms with Crippen LogP contribution in [-0.4, -0.2) is 30.9 Å². The highest BCUT2D eigenvalue weighted by Crippen LogP contribution is 2.54. The molecule has 0 heterocycles. The Hall–Kier alpha value is 0.590. The summed E-state index contributed by atoms with van der Waals surface area (Å²) < 4.78 is 23.8. The van der Waals surface area contributed by atoms with E-state index in [-0.39, 0.29) is 11.7 Å². The minimum absolute atomic E-state index is 0.211. The van der Waals surface area contributed by atoms with E-state index in [0.717, 1.165) is 18.3 Å². The maximum Gasteiger partial charge on any atom is 0.347 e. The highest BCUT2D eigenvalue weighted by molar-refractivity contribution is 9.09. The van der Waals surface area contributed by atoms with Crippen molar-refractivity contribution in [3.8, 4) is 0 Å². The van der Waals surface area contributed by atoms with Crippen molar-refractivity contribution in [2.45, 2.75) is 72.0 Å². The van der Waals surface area contributed by atoms with Gasteiger partial charge in [0.2, 0.25) is 0 Å². The molecule has 6 heteroatoms. The van der Waals surface area contributed by atoms with Crippen LogP contribution in [0.5, 0.6) is 0 Å². The summed E-state index contributed by atoms with van der Waals surface area (Å²) in [5, 5.41) is 4.52. The quantitative estimate of drug-likeness (QED) is 0.222. The Labute approximate surface area is 145 Å². The standard InChI is InChI=1S/C16H35BrNO3P/c1-5-20-22(19,21-6-2)16(15(3)4)18-14-12-10-8-7-9-11-13-17/h15-16,18H,5-14H2,1-4H3. The lowest BCUT2D eigenvalue weighted by atomic mass is 10.1. The van der Waals surface area contributed by atoms with Gasteiger partial charge >= 0.3 is 7.60 Å². The predicted molar refractivity (Wildman–Crippen MR) is 99.0 cm³/mol. The maximum atomic E-state index is 12.9. The number of alkyl halides is 1. The van der Waals surface area contributed by atoms with Crippen LogP contribution in [0.3, 0.4) is 0 Å². The number of hydrogen-bond donors (Lipinski definition) is 1. The number of rotatable bonds is 15. The van der Waals surface area contributed by atoms with Crippen LogP contribution < -0.4 is 5.32 Å². The van der Waals surface area contributed by atoms with E-state index in [1.54, 1.807) is 0 Å². The second-order valence-corrected chi connectivity index (χ2v) is 8.77. The summed E-state index contributed by atoms with van der Waals surface area (Å²) in [4.78, 5) is 0. The van der Waals surface area contributed by atoms with E-state index in [9.17, 15) is 4.57 Å². The molecule has 0 aromatic heterocycles. The van der Waals surface area contributed by atoms with Crippen molar-refractivity contribution in [2.75, 3.05) is 25.1 Å². The first-order valence-corrected chi connectivity index (χ1v) is 11.4. The molecule has 0 fully saturated rings. The van der Waals surface area contributed by atoms with Gasteiger partial charge in [0, 0.05) is 5.33 Å². The molecule has 0 bridgehead atoms. The molecule has 4 nitrogen and oxygen atoms in total. The monoisotopic (exact) mass is 399 g/mol. The van der Waals surface area contributed by atoms with Gasteiger partial charge in [-0.3, -0.25) is 4.57 Å². The first kappa shape index (κ1) is 22.6. The molecule has 134 valence electrons. The lowest BCUT2D eigenvalue weighted by molar-refractivity contribution is 0.199. The average Bonchev–Trinajstić information content (AvgIpc) is 2.45. The van der Waals surface area contributed by atoms with Gasteiger partial charge in [-0.25, -0.2) is 0 Å². The van der Waals surface area contributed by atoms with Crippen LogP contribution in [0.25, 0.3) is 0 Å². The first-order chi connectivity index (χ1) is 10.5. The van der Waals surface area contributed by atoms with Crippen molar-refractivity contribution in [1.82, 2.24) is 5.32 Å². The Balaban J connectivity index is 4.16. The third-order valence-corrected chi connectivity index (χ3v) is 6.76. The van der Waals surface area contributed by atoms with Crippen molar-refractivity contribution < 1.29 is 13.6 Å². The Bertz CT molecular complexity index is 293. The van der Waals surface area contributed by atoms with Crippen LogP contribution >= 0.6 is 23.5 Å². The summed E-state index contributed by atoms with van der Waals surface area (Å²) in [5.74, 6) is -0.0105. The molecule has 0 amide bonds. The second-order valence-electron chi connectivity index (χ2n) is 5.83. The van der Waals surface area contributed by atoms with Gasteiger partial charge in [0.05, 0.1) is 13.2 Å². The minimum Gasteiger partial charge on any atom is -0.308 e. The zero-order valence-corrected chi connectivity index (χ0v) is 17.3. The Morgan fingerprint density at radius 1 is 0.955 bits per heavy atom. The predicted octanol–water partition coefficient (Wildman–Crippen LogP) is 5.56. The Kier molecular flexibility index (Phi) is 14.4. The third-order valence-electron chi connectivity index (χ3n) is 3.50. The molecular formula is C16H35BrNO3P. The highest BCUT2D eigenvalue weighted by Gasteiger charge is 2.37. The zero-order valence-electron chi connectivity index (χ0n) is 14.8. The fraction of sp³-hybridized carbons (Fsp3) is 1.00. The summed E-state index contributed by atoms with van der Waals surface area (Å²) in [6, 6.07) is 0. The summed E-state index contributed by atoms with van der Waals surface area (Å²) in [6.07, 6.45) is 7.46. The van der Waals surface area contributed by atoms with E-state index in [1.807, 2.05) is 13.8 Å². The van der Waals surface area contributed by atoms with Gasteiger partial charge in [0.25, 0.3) is 0 Å². The molecule has 0 aliphatic heterocycles. The fourth-order valence-electron chi connectivity index (χ4n) is 2.45. The smallest absolute Gasteiger partial charge is 0.308 e. The van der Waals surface area contributed by atoms with Gasteiger partial charge in [-0.2, -0.15) is 0 Å². The van der Waals surface area contributed by atoms with E-state index in [0.29, 0.717) is 13.2 Å². The largest absolute Gasteiger partial charge is 0.347 e. The van der Waals surface area contributed by atoms with Crippen LogP contribution in [0.4, 0.5) is 0 Å². The third kappa shape index (κ3) is 9.67. The number of hydrogen-bond acceptors (Lipinski definition) is 4. The van der Waals surface area contributed by atoms with E-state index in [1.165, 1.54) is 32.1 Å². The molecule has 0 aliphatic rings. The molecule has 1 N–H and O–H groups in total. The van der Waals surface area contributed by atoms with E-state index in [2.05, 4.69) is 35.1 Å². The average molecular weight is 400 g/mol. The van der Waals surface area contributed by atoms with Gasteiger partial charge in [0.1, 0.15) is 5.78 Å². The molecule has 1 unspecified atom stereocenters. The molecular weight excluding hydrogens is 365 g/mol. The van der Waals surface area contributed by atoms with Gasteiger partial charge < -0.3 is 14.4 Å². The first-order valence-electron chi connectivity index (χ1n) is 8.70. The van der Waals surface area contributed by atoms with Crippen LogP contribution in [-0.2, 0) is 13.6 Å². The Morgan fingerprint density at radius 3 is 1.91 bits per heavy atom. The summed E-state index contributed by atoms with van der Waals surface area (Å²) >= 11 is 3.46. The normalized spacial score (nSPS) is 13.7. The number of halogens is 1. The van der Waals surface area contributed by atoms with Crippen LogP contribution in [0.1, 0.15) is 66.2 Å². The SMILES string of the molecule is CCOP(=O)(OCC)C(NCCCCCCCCBr)C(C)C. The van der Waals surface area contributed by atoms with Crippen molar-refractivity contribution in [2.24, 2.45) is 5.92 Å². The van der Waals surface area contributed by atoms with Crippen molar-refractivity contribution >= 4 is 23.5 Å². The van der Waals surface area contributed by atoms with Gasteiger partial charge in [-0.15, -0.1) is 0 Å². The molecule has 0 aromatic rings. The van der Waals surface area contributed by atoms with Crippen molar-refractivity contribution in [3.05, 3.63) is 0 Å². The van der Waals surface area contributed by atoms with E-state index in [4.69, 9.17) is 9.05 Å². The molecule has 0 aromatic carbocycles. The second kappa shape index (κ2) is 14.0. The summed E-state index contributed by atoms with van der Waals surface area (Å²) in [7, 11) is -3.07. The molecule has 1 atom stereocenters. The maximum absolute atomic E-state index is 12.9. The zero-order chi connectivity index (χ0) is 16.8. The molecule has 0 radical (unpaired) electrons. The van der Waals surface area contributed by atoms with E-state index < -0.39 is 7.60 Å². The van der Waals surface area contributed by atoms with Crippen molar-refractivity contribution in [1.29, 1.82) is 0 Å². The van der Waals surface area contributed by atoms with Crippen LogP contribution in [0.2, 0.25) is 0 Å². The van der Waals surface area contributed by atoms with Crippen LogP contribution in [0, 0.1) is 5.92 Å². The summed E-state index contributed by atoms with van der Waals surface area (Å²) in [6.45, 7) is 9.52. The van der Waals surface area contributed by atoms with Crippen LogP contribution in [0.15, 0.2) is 0 Å². The summed E-state index contributed by atoms with van der Waals surface area (Å²) in [5.41, 5.74) is 0. The topological polar surface area (TPSA) is 47.6 Å². The van der Waals surface area contributed by atoms with Gasteiger partial charge in [-0.05, 0) is 39.2 Å². The van der Waals surface area contributed by atoms with E-state index >= 15 is 0 Å². The molecule has 0 saturated carbocycles. The molecule has 0 rings (SSSR count). The fourth-order valence-corrected chi connectivity index (χ4v) is 5.04. The Morgan fingerprint density at radius 2 is 1.45 bits per heavy atom. The number of nitrogens with one attached hydrogen (secondary N) is 1. The minimum atomic E-state index is -3.07. The molecule has 0 spiro atoms. The molecule has 0 saturated heterocycles.